The van der Waals surface area contributed by atoms with Crippen LogP contribution >= 0.6 is 11.3 Å². The molecule has 2 aromatic heterocycles. The molecule has 0 aliphatic carbocycles. The maximum atomic E-state index is 12.4. The second kappa shape index (κ2) is 9.99. The number of thiazole rings is 1. The number of hydrogen-bond acceptors (Lipinski definition) is 6. The van der Waals surface area contributed by atoms with E-state index in [1.54, 1.807) is 17.5 Å². The number of nitrogens with zero attached hydrogens (tertiary/aromatic N) is 2. The minimum absolute atomic E-state index is 0.132. The van der Waals surface area contributed by atoms with Crippen LogP contribution in [0.5, 0.6) is 0 Å². The molecule has 0 aliphatic heterocycles. The highest BCUT2D eigenvalue weighted by Crippen LogP contribution is 2.18. The monoisotopic (exact) mass is 412 g/mol. The third-order valence-electron chi connectivity index (χ3n) is 4.37. The zero-order chi connectivity index (χ0) is 20.6. The highest BCUT2D eigenvalue weighted by Gasteiger charge is 2.13. The van der Waals surface area contributed by atoms with Gasteiger partial charge in [-0.3, -0.25) is 19.8 Å². The summed E-state index contributed by atoms with van der Waals surface area (Å²) in [4.78, 5) is 31.0. The molecule has 29 heavy (non-hydrogen) atoms. The van der Waals surface area contributed by atoms with Crippen molar-refractivity contribution in [1.82, 2.24) is 9.88 Å². The molecule has 0 aliphatic rings. The molecule has 0 atom stereocenters. The number of anilines is 2. The quantitative estimate of drug-likeness (QED) is 0.554. The van der Waals surface area contributed by atoms with Crippen LogP contribution in [-0.2, 0) is 17.8 Å². The number of amides is 2. The van der Waals surface area contributed by atoms with Crippen molar-refractivity contribution in [1.29, 1.82) is 0 Å². The molecule has 0 spiro atoms. The van der Waals surface area contributed by atoms with Crippen molar-refractivity contribution in [2.45, 2.75) is 26.8 Å². The van der Waals surface area contributed by atoms with E-state index in [0.717, 1.165) is 30.9 Å². The third-order valence-corrected chi connectivity index (χ3v) is 5.18. The predicted molar refractivity (Wildman–Crippen MR) is 114 cm³/mol. The maximum absolute atomic E-state index is 12.4. The Morgan fingerprint density at radius 2 is 1.97 bits per heavy atom. The minimum Gasteiger partial charge on any atom is -0.459 e. The van der Waals surface area contributed by atoms with Crippen molar-refractivity contribution in [2.24, 2.45) is 0 Å². The Hall–Kier alpha value is -2.97. The Labute approximate surface area is 173 Å². The lowest BCUT2D eigenvalue weighted by atomic mass is 10.2. The molecule has 152 valence electrons. The minimum atomic E-state index is -0.370. The van der Waals surface area contributed by atoms with E-state index in [4.69, 9.17) is 4.42 Å². The number of carbonyl (C=O) groups is 2. The third kappa shape index (κ3) is 6.00. The van der Waals surface area contributed by atoms with E-state index in [1.807, 2.05) is 18.2 Å². The van der Waals surface area contributed by atoms with Gasteiger partial charge in [0.25, 0.3) is 5.91 Å². The number of aromatic nitrogens is 1. The molecule has 0 unspecified atom stereocenters. The summed E-state index contributed by atoms with van der Waals surface area (Å²) >= 11 is 1.27. The van der Waals surface area contributed by atoms with Crippen LogP contribution in [0.25, 0.3) is 0 Å². The summed E-state index contributed by atoms with van der Waals surface area (Å²) in [7, 11) is 0. The fraction of sp³-hybridized carbons (Fsp3) is 0.286. The van der Waals surface area contributed by atoms with Gasteiger partial charge in [-0.25, -0.2) is 4.98 Å². The number of rotatable bonds is 9. The van der Waals surface area contributed by atoms with Gasteiger partial charge >= 0.3 is 0 Å². The molecule has 0 bridgehead atoms. The largest absolute Gasteiger partial charge is 0.459 e. The number of carbonyl (C=O) groups excluding carboxylic acids is 2. The van der Waals surface area contributed by atoms with E-state index in [0.29, 0.717) is 10.8 Å². The van der Waals surface area contributed by atoms with Crippen LogP contribution in [0.2, 0.25) is 0 Å². The summed E-state index contributed by atoms with van der Waals surface area (Å²) in [5.74, 6) is -0.311. The smallest absolute Gasteiger partial charge is 0.293 e. The summed E-state index contributed by atoms with van der Waals surface area (Å²) in [6.45, 7) is 7.08. The summed E-state index contributed by atoms with van der Waals surface area (Å²) in [6, 6.07) is 11.1. The van der Waals surface area contributed by atoms with Crippen LogP contribution in [0.4, 0.5) is 10.8 Å². The Morgan fingerprint density at radius 1 is 1.14 bits per heavy atom. The lowest BCUT2D eigenvalue weighted by molar-refractivity contribution is -0.115. The van der Waals surface area contributed by atoms with Gasteiger partial charge in [0.15, 0.2) is 10.9 Å². The fourth-order valence-corrected chi connectivity index (χ4v) is 3.54. The second-order valence-electron chi connectivity index (χ2n) is 6.46. The van der Waals surface area contributed by atoms with Gasteiger partial charge in [0, 0.05) is 17.6 Å². The molecule has 0 radical (unpaired) electrons. The van der Waals surface area contributed by atoms with Crippen LogP contribution in [0.3, 0.4) is 0 Å². The molecule has 2 N–H and O–H groups in total. The molecule has 1 aromatic carbocycles. The molecule has 0 saturated carbocycles. The number of benzene rings is 1. The van der Waals surface area contributed by atoms with Gasteiger partial charge in [-0.2, -0.15) is 0 Å². The molecule has 7 nitrogen and oxygen atoms in total. The van der Waals surface area contributed by atoms with E-state index >= 15 is 0 Å². The van der Waals surface area contributed by atoms with Gasteiger partial charge in [-0.15, -0.1) is 11.3 Å². The van der Waals surface area contributed by atoms with Crippen LogP contribution in [-0.4, -0.2) is 34.8 Å². The summed E-state index contributed by atoms with van der Waals surface area (Å²) in [6.07, 6.45) is 1.57. The first-order valence-electron chi connectivity index (χ1n) is 9.47. The van der Waals surface area contributed by atoms with E-state index in [-0.39, 0.29) is 24.0 Å². The first-order chi connectivity index (χ1) is 14.1. The van der Waals surface area contributed by atoms with Crippen molar-refractivity contribution in [3.63, 3.8) is 0 Å². The molecule has 0 saturated heterocycles. The molecule has 3 rings (SSSR count). The van der Waals surface area contributed by atoms with Crippen LogP contribution in [0.15, 0.2) is 52.5 Å². The highest BCUT2D eigenvalue weighted by atomic mass is 32.1. The van der Waals surface area contributed by atoms with Gasteiger partial charge in [0.1, 0.15) is 0 Å². The molecular weight excluding hydrogens is 388 g/mol. The first kappa shape index (κ1) is 20.8. The summed E-state index contributed by atoms with van der Waals surface area (Å²) < 4.78 is 5.05. The summed E-state index contributed by atoms with van der Waals surface area (Å²) in [5.41, 5.74) is 2.52. The standard InChI is InChI=1S/C21H24N4O3S/c1-3-25(4-2)13-15-7-5-8-16(11-15)22-19(26)12-17-14-29-21(23-17)24-20(27)18-9-6-10-28-18/h5-11,14H,3-4,12-13H2,1-2H3,(H,22,26)(H,23,24,27). The Bertz CT molecular complexity index is 949. The van der Waals surface area contributed by atoms with Crippen LogP contribution < -0.4 is 10.6 Å². The predicted octanol–water partition coefficient (Wildman–Crippen LogP) is 4.01. The highest BCUT2D eigenvalue weighted by molar-refractivity contribution is 7.14. The van der Waals surface area contributed by atoms with E-state index in [1.165, 1.54) is 17.6 Å². The van der Waals surface area contributed by atoms with Crippen molar-refractivity contribution in [3.8, 4) is 0 Å². The van der Waals surface area contributed by atoms with E-state index < -0.39 is 0 Å². The van der Waals surface area contributed by atoms with Crippen molar-refractivity contribution >= 4 is 34.0 Å². The van der Waals surface area contributed by atoms with Gasteiger partial charge in [-0.1, -0.05) is 26.0 Å². The average Bonchev–Trinajstić information content (AvgIpc) is 3.38. The molecule has 0 fully saturated rings. The molecule has 2 heterocycles. The molecule has 2 amide bonds. The SMILES string of the molecule is CCN(CC)Cc1cccc(NC(=O)Cc2csc(NC(=O)c3ccco3)n2)c1. The van der Waals surface area contributed by atoms with Crippen molar-refractivity contribution in [3.05, 3.63) is 65.1 Å². The Morgan fingerprint density at radius 3 is 2.69 bits per heavy atom. The van der Waals surface area contributed by atoms with E-state index in [9.17, 15) is 9.59 Å². The molecular formula is C21H24N4O3S. The van der Waals surface area contributed by atoms with Gasteiger partial charge < -0.3 is 9.73 Å². The summed E-state index contributed by atoms with van der Waals surface area (Å²) in [5, 5.41) is 7.76. The number of furan rings is 1. The van der Waals surface area contributed by atoms with Gasteiger partial charge in [0.05, 0.1) is 18.4 Å². The second-order valence-corrected chi connectivity index (χ2v) is 7.32. The van der Waals surface area contributed by atoms with Crippen molar-refractivity contribution < 1.29 is 14.0 Å². The van der Waals surface area contributed by atoms with Gasteiger partial charge in [0.2, 0.25) is 5.91 Å². The number of nitrogens with one attached hydrogen (secondary N) is 2. The zero-order valence-corrected chi connectivity index (χ0v) is 17.3. The number of hydrogen-bond donors (Lipinski definition) is 2. The lowest BCUT2D eigenvalue weighted by Crippen LogP contribution is -2.22. The average molecular weight is 413 g/mol. The lowest BCUT2D eigenvalue weighted by Gasteiger charge is -2.18. The van der Waals surface area contributed by atoms with Gasteiger partial charge in [-0.05, 0) is 42.9 Å². The maximum Gasteiger partial charge on any atom is 0.293 e. The molecule has 8 heteroatoms. The zero-order valence-electron chi connectivity index (χ0n) is 16.5. The van der Waals surface area contributed by atoms with Crippen LogP contribution in [0.1, 0.15) is 35.7 Å². The Balaban J connectivity index is 1.55. The molecule has 3 aromatic rings. The fourth-order valence-electron chi connectivity index (χ4n) is 2.83. The Kier molecular flexibility index (Phi) is 7.15. The normalized spacial score (nSPS) is 10.9. The first-order valence-corrected chi connectivity index (χ1v) is 10.4. The topological polar surface area (TPSA) is 87.5 Å². The van der Waals surface area contributed by atoms with Crippen LogP contribution in [0, 0.1) is 0 Å². The van der Waals surface area contributed by atoms with Crippen molar-refractivity contribution in [2.75, 3.05) is 23.7 Å². The van der Waals surface area contributed by atoms with E-state index in [2.05, 4.69) is 40.4 Å².